The molecule has 0 aromatic heterocycles. The minimum atomic E-state index is 0.0354. The quantitative estimate of drug-likeness (QED) is 0.327. The van der Waals surface area contributed by atoms with Crippen molar-refractivity contribution in [1.29, 1.82) is 0 Å². The second kappa shape index (κ2) is 11.5. The number of nitrogens with one attached hydrogen (secondary N) is 1. The van der Waals surface area contributed by atoms with Gasteiger partial charge in [-0.3, -0.25) is 9.89 Å². The van der Waals surface area contributed by atoms with Crippen LogP contribution >= 0.6 is 15.9 Å². The molecule has 1 saturated carbocycles. The van der Waals surface area contributed by atoms with Crippen LogP contribution in [0.5, 0.6) is 0 Å². The molecular formula is C27H44BrN5. The highest BCUT2D eigenvalue weighted by atomic mass is 79.9. The van der Waals surface area contributed by atoms with Crippen LogP contribution in [0, 0.1) is 23.7 Å². The first-order valence-corrected chi connectivity index (χ1v) is 14.3. The molecule has 4 rings (SSSR count). The topological polar surface area (TPSA) is 43.2 Å². The summed E-state index contributed by atoms with van der Waals surface area (Å²) in [4.78, 5) is 8.19. The summed E-state index contributed by atoms with van der Waals surface area (Å²) in [6.07, 6.45) is 17.7. The Morgan fingerprint density at radius 2 is 2.03 bits per heavy atom. The lowest BCUT2D eigenvalue weighted by atomic mass is 9.78. The summed E-state index contributed by atoms with van der Waals surface area (Å²) < 4.78 is 0. The van der Waals surface area contributed by atoms with E-state index in [2.05, 4.69) is 82.2 Å². The Bertz CT molecular complexity index is 764. The minimum Gasteiger partial charge on any atom is -0.370 e. The van der Waals surface area contributed by atoms with Crippen LogP contribution in [0.4, 0.5) is 0 Å². The summed E-state index contributed by atoms with van der Waals surface area (Å²) in [5, 5.41) is 10.5. The van der Waals surface area contributed by atoms with Crippen molar-refractivity contribution < 1.29 is 0 Å². The van der Waals surface area contributed by atoms with Gasteiger partial charge in [0.15, 0.2) is 6.17 Å². The molecule has 6 atom stereocenters. The molecule has 1 saturated heterocycles. The number of allylic oxidation sites excluding steroid dienone is 3. The van der Waals surface area contributed by atoms with Gasteiger partial charge in [0.05, 0.1) is 4.83 Å². The van der Waals surface area contributed by atoms with Crippen LogP contribution < -0.4 is 5.32 Å². The highest BCUT2D eigenvalue weighted by molar-refractivity contribution is 9.10. The van der Waals surface area contributed by atoms with Gasteiger partial charge in [-0.2, -0.15) is 5.10 Å². The predicted molar refractivity (Wildman–Crippen MR) is 144 cm³/mol. The monoisotopic (exact) mass is 517 g/mol. The third-order valence-electron chi connectivity index (χ3n) is 8.08. The molecule has 0 spiro atoms. The first-order chi connectivity index (χ1) is 16.0. The number of halogens is 1. The summed E-state index contributed by atoms with van der Waals surface area (Å²) >= 11 is 3.80. The van der Waals surface area contributed by atoms with Gasteiger partial charge in [-0.1, -0.05) is 55.3 Å². The summed E-state index contributed by atoms with van der Waals surface area (Å²) in [6.45, 7) is 12.7. The van der Waals surface area contributed by atoms with Crippen molar-refractivity contribution >= 4 is 27.9 Å². The average molecular weight is 519 g/mol. The normalized spacial score (nSPS) is 36.0. The van der Waals surface area contributed by atoms with Crippen molar-refractivity contribution in [1.82, 2.24) is 15.2 Å². The molecule has 4 aliphatic rings. The fourth-order valence-electron chi connectivity index (χ4n) is 6.25. The largest absolute Gasteiger partial charge is 0.370 e. The summed E-state index contributed by atoms with van der Waals surface area (Å²) in [5.74, 6) is 3.99. The lowest BCUT2D eigenvalue weighted by Crippen LogP contribution is -2.48. The highest BCUT2D eigenvalue weighted by Gasteiger charge is 2.38. The second-order valence-electron chi connectivity index (χ2n) is 10.9. The fourth-order valence-corrected chi connectivity index (χ4v) is 6.70. The van der Waals surface area contributed by atoms with Gasteiger partial charge in [-0.15, -0.1) is 0 Å². The van der Waals surface area contributed by atoms with Crippen LogP contribution in [0.3, 0.4) is 0 Å². The van der Waals surface area contributed by atoms with Crippen molar-refractivity contribution in [3.05, 3.63) is 24.0 Å². The van der Waals surface area contributed by atoms with Gasteiger partial charge in [0.25, 0.3) is 0 Å². The molecule has 6 unspecified atom stereocenters. The van der Waals surface area contributed by atoms with E-state index in [4.69, 9.17) is 4.99 Å². The van der Waals surface area contributed by atoms with Crippen molar-refractivity contribution in [3.63, 3.8) is 0 Å². The van der Waals surface area contributed by atoms with Crippen LogP contribution in [0.15, 0.2) is 34.1 Å². The van der Waals surface area contributed by atoms with Gasteiger partial charge >= 0.3 is 0 Å². The third kappa shape index (κ3) is 6.11. The molecule has 3 aliphatic heterocycles. The summed E-state index contributed by atoms with van der Waals surface area (Å²) in [6, 6.07) is 0.754. The smallest absolute Gasteiger partial charge is 0.161 e. The number of hydrazone groups is 1. The van der Waals surface area contributed by atoms with Crippen molar-refractivity contribution in [3.8, 4) is 0 Å². The van der Waals surface area contributed by atoms with Gasteiger partial charge < -0.3 is 5.32 Å². The van der Waals surface area contributed by atoms with E-state index in [0.29, 0.717) is 11.8 Å². The molecular weight excluding hydrogens is 474 g/mol. The van der Waals surface area contributed by atoms with E-state index >= 15 is 0 Å². The van der Waals surface area contributed by atoms with Gasteiger partial charge in [0, 0.05) is 43.1 Å². The number of piperidine rings is 1. The Balaban J connectivity index is 1.46. The first kappa shape index (κ1) is 25.0. The lowest BCUT2D eigenvalue weighted by Gasteiger charge is -2.43. The number of aliphatic imine (C=N–C) groups is 1. The van der Waals surface area contributed by atoms with Crippen LogP contribution in [-0.4, -0.2) is 58.5 Å². The molecule has 0 bridgehead atoms. The standard InChI is InChI=1S/C27H44BrN5/c1-5-7-9-21(6-2)16-29-26-15-25(31-27-24(28)17-30-33(26)27)22-10-8-11-32(18-22)23-13-19(3)12-20(4)14-23/h5,7,15,17,19-24,27,29H,6,8-14,16,18H2,1-4H3/b7-5-. The maximum absolute atomic E-state index is 5.22. The Morgan fingerprint density at radius 3 is 2.76 bits per heavy atom. The van der Waals surface area contributed by atoms with E-state index in [1.54, 1.807) is 0 Å². The number of hydrogen-bond acceptors (Lipinski definition) is 5. The van der Waals surface area contributed by atoms with Crippen LogP contribution in [0.2, 0.25) is 0 Å². The first-order valence-electron chi connectivity index (χ1n) is 13.3. The molecule has 0 aromatic carbocycles. The van der Waals surface area contributed by atoms with Gasteiger partial charge in [0.1, 0.15) is 5.82 Å². The Kier molecular flexibility index (Phi) is 8.72. The number of rotatable bonds is 8. The van der Waals surface area contributed by atoms with Crippen LogP contribution in [0.25, 0.3) is 0 Å². The molecule has 184 valence electrons. The van der Waals surface area contributed by atoms with Crippen LogP contribution in [0.1, 0.15) is 72.6 Å². The number of likely N-dealkylation sites (tertiary alicyclic amines) is 1. The molecule has 3 heterocycles. The number of hydrogen-bond donors (Lipinski definition) is 1. The Morgan fingerprint density at radius 1 is 1.24 bits per heavy atom. The maximum atomic E-state index is 5.22. The molecule has 0 radical (unpaired) electrons. The molecule has 1 aliphatic carbocycles. The average Bonchev–Trinajstić information content (AvgIpc) is 3.19. The zero-order valence-corrected chi connectivity index (χ0v) is 22.7. The van der Waals surface area contributed by atoms with Crippen molar-refractivity contribution in [2.24, 2.45) is 33.8 Å². The SMILES string of the molecule is C/C=C\CC(CC)CNC1=CC(C2CCCN(C3CC(C)CC(C)C3)C2)=NC2C(Br)C=NN12. The van der Waals surface area contributed by atoms with E-state index in [1.807, 2.05) is 6.21 Å². The van der Waals surface area contributed by atoms with Gasteiger partial charge in [-0.25, -0.2) is 5.01 Å². The number of alkyl halides is 1. The Hall–Kier alpha value is -1.14. The predicted octanol–water partition coefficient (Wildman–Crippen LogP) is 5.79. The second-order valence-corrected chi connectivity index (χ2v) is 12.0. The van der Waals surface area contributed by atoms with E-state index in [1.165, 1.54) is 50.8 Å². The third-order valence-corrected chi connectivity index (χ3v) is 8.79. The van der Waals surface area contributed by atoms with Gasteiger partial charge in [0.2, 0.25) is 0 Å². The fraction of sp³-hybridized carbons (Fsp3) is 0.778. The molecule has 5 nitrogen and oxygen atoms in total. The minimum absolute atomic E-state index is 0.0354. The summed E-state index contributed by atoms with van der Waals surface area (Å²) in [5.41, 5.74) is 1.27. The van der Waals surface area contributed by atoms with Gasteiger partial charge in [-0.05, 0) is 69.7 Å². The van der Waals surface area contributed by atoms with Crippen molar-refractivity contribution in [2.75, 3.05) is 19.6 Å². The molecule has 33 heavy (non-hydrogen) atoms. The lowest BCUT2D eigenvalue weighted by molar-refractivity contribution is 0.0814. The van der Waals surface area contributed by atoms with E-state index < -0.39 is 0 Å². The number of nitrogens with zero attached hydrogens (tertiary/aromatic N) is 4. The van der Waals surface area contributed by atoms with E-state index in [-0.39, 0.29) is 11.0 Å². The summed E-state index contributed by atoms with van der Waals surface area (Å²) in [7, 11) is 0. The molecule has 6 heteroatoms. The molecule has 0 amide bonds. The Labute approximate surface area is 210 Å². The molecule has 2 fully saturated rings. The zero-order valence-electron chi connectivity index (χ0n) is 21.1. The maximum Gasteiger partial charge on any atom is 0.161 e. The zero-order chi connectivity index (χ0) is 23.4. The number of fused-ring (bicyclic) bond motifs is 1. The molecule has 1 N–H and O–H groups in total. The van der Waals surface area contributed by atoms with E-state index in [0.717, 1.165) is 43.2 Å². The molecule has 0 aromatic rings. The van der Waals surface area contributed by atoms with E-state index in [9.17, 15) is 0 Å². The van der Waals surface area contributed by atoms with Crippen molar-refractivity contribution in [2.45, 2.75) is 89.7 Å². The highest BCUT2D eigenvalue weighted by Crippen LogP contribution is 2.35. The van der Waals surface area contributed by atoms with Crippen LogP contribution in [-0.2, 0) is 0 Å².